The van der Waals surface area contributed by atoms with Gasteiger partial charge in [-0.1, -0.05) is 12.1 Å². The number of hydrogen-bond acceptors (Lipinski definition) is 3. The van der Waals surface area contributed by atoms with Gasteiger partial charge in [0.1, 0.15) is 0 Å². The van der Waals surface area contributed by atoms with Crippen LogP contribution in [0.3, 0.4) is 0 Å². The summed E-state index contributed by atoms with van der Waals surface area (Å²) in [6.07, 6.45) is 1.56. The molecule has 1 N–H and O–H groups in total. The highest BCUT2D eigenvalue weighted by Gasteiger charge is 2.07. The first-order valence-electron chi connectivity index (χ1n) is 5.74. The maximum atomic E-state index is 11.9. The van der Waals surface area contributed by atoms with Gasteiger partial charge in [-0.3, -0.25) is 9.36 Å². The number of nitrogens with zero attached hydrogens (tertiary/aromatic N) is 2. The predicted molar refractivity (Wildman–Crippen MR) is 78.4 cm³/mol. The van der Waals surface area contributed by atoms with Crippen molar-refractivity contribution in [3.8, 4) is 0 Å². The molecule has 0 aliphatic carbocycles. The van der Waals surface area contributed by atoms with E-state index in [4.69, 9.17) is 0 Å². The number of benzene rings is 1. The molecule has 0 saturated carbocycles. The average Bonchev–Trinajstić information content (AvgIpc) is 2.40. The van der Waals surface area contributed by atoms with E-state index < -0.39 is 0 Å². The van der Waals surface area contributed by atoms with Crippen LogP contribution in [-0.2, 0) is 20.6 Å². The molecule has 0 aliphatic rings. The first kappa shape index (κ1) is 13.6. The third-order valence-electron chi connectivity index (χ3n) is 2.86. The van der Waals surface area contributed by atoms with Gasteiger partial charge in [0, 0.05) is 37.0 Å². The lowest BCUT2D eigenvalue weighted by Crippen LogP contribution is -2.38. The molecule has 1 aromatic heterocycles. The van der Waals surface area contributed by atoms with Gasteiger partial charge in [0.05, 0.1) is 5.56 Å². The fraction of sp³-hybridized carbons (Fsp3) is 0.231. The Morgan fingerprint density at radius 3 is 2.58 bits per heavy atom. The predicted octanol–water partition coefficient (Wildman–Crippen LogP) is 1.46. The summed E-state index contributed by atoms with van der Waals surface area (Å²) in [5.41, 5.74) is 0.844. The van der Waals surface area contributed by atoms with E-state index in [1.807, 2.05) is 24.3 Å². The molecule has 5 nitrogen and oxygen atoms in total. The van der Waals surface area contributed by atoms with Crippen LogP contribution in [0, 0.1) is 0 Å². The molecule has 1 aromatic carbocycles. The van der Waals surface area contributed by atoms with Gasteiger partial charge in [-0.05, 0) is 28.1 Å². The van der Waals surface area contributed by atoms with Crippen LogP contribution in [-0.4, -0.2) is 9.13 Å². The van der Waals surface area contributed by atoms with E-state index in [2.05, 4.69) is 21.2 Å². The number of para-hydroxylation sites is 1. The van der Waals surface area contributed by atoms with Gasteiger partial charge in [-0.2, -0.15) is 0 Å². The summed E-state index contributed by atoms with van der Waals surface area (Å²) in [5, 5.41) is 3.17. The molecule has 0 radical (unpaired) electrons. The number of aryl methyl sites for hydroxylation is 1. The van der Waals surface area contributed by atoms with Gasteiger partial charge in [0.25, 0.3) is 5.56 Å². The van der Waals surface area contributed by atoms with E-state index in [0.29, 0.717) is 12.1 Å². The number of anilines is 1. The topological polar surface area (TPSA) is 56.0 Å². The van der Waals surface area contributed by atoms with Crippen molar-refractivity contribution < 1.29 is 0 Å². The molecule has 2 rings (SSSR count). The second-order valence-corrected chi connectivity index (χ2v) is 5.10. The van der Waals surface area contributed by atoms with Crippen molar-refractivity contribution in [2.75, 3.05) is 5.32 Å². The quantitative estimate of drug-likeness (QED) is 0.930. The molecule has 100 valence electrons. The van der Waals surface area contributed by atoms with Gasteiger partial charge < -0.3 is 9.88 Å². The lowest BCUT2D eigenvalue weighted by molar-refractivity contribution is 0.671. The zero-order valence-corrected chi connectivity index (χ0v) is 12.3. The minimum Gasteiger partial charge on any atom is -0.380 e. The van der Waals surface area contributed by atoms with Gasteiger partial charge in [0.2, 0.25) is 0 Å². The lowest BCUT2D eigenvalue weighted by Gasteiger charge is -2.10. The number of rotatable bonds is 3. The van der Waals surface area contributed by atoms with Crippen molar-refractivity contribution in [3.05, 3.63) is 61.3 Å². The fourth-order valence-electron chi connectivity index (χ4n) is 1.80. The Hall–Kier alpha value is -1.82. The van der Waals surface area contributed by atoms with Crippen molar-refractivity contribution in [2.24, 2.45) is 14.1 Å². The molecule has 0 fully saturated rings. The molecular formula is C13H14BrN3O2. The molecule has 0 aliphatic heterocycles. The summed E-state index contributed by atoms with van der Waals surface area (Å²) in [7, 11) is 3.11. The Morgan fingerprint density at radius 1 is 1.21 bits per heavy atom. The number of aromatic nitrogens is 2. The Labute approximate surface area is 118 Å². The van der Waals surface area contributed by atoms with Crippen molar-refractivity contribution in [3.63, 3.8) is 0 Å². The van der Waals surface area contributed by atoms with Gasteiger partial charge in [-0.25, -0.2) is 4.79 Å². The van der Waals surface area contributed by atoms with E-state index in [0.717, 1.165) is 14.7 Å². The summed E-state index contributed by atoms with van der Waals surface area (Å²) in [6, 6.07) is 7.66. The average molecular weight is 324 g/mol. The molecular weight excluding hydrogens is 310 g/mol. The molecule has 2 aromatic rings. The van der Waals surface area contributed by atoms with Gasteiger partial charge in [-0.15, -0.1) is 0 Å². The van der Waals surface area contributed by atoms with Crippen LogP contribution in [0.15, 0.2) is 44.5 Å². The Morgan fingerprint density at radius 2 is 1.89 bits per heavy atom. The molecule has 1 heterocycles. The highest BCUT2D eigenvalue weighted by Crippen LogP contribution is 2.21. The third-order valence-corrected chi connectivity index (χ3v) is 3.55. The molecule has 0 unspecified atom stereocenters. The maximum absolute atomic E-state index is 11.9. The minimum absolute atomic E-state index is 0.275. The minimum atomic E-state index is -0.324. The molecule has 0 atom stereocenters. The van der Waals surface area contributed by atoms with Crippen LogP contribution in [0.4, 0.5) is 5.69 Å². The second kappa shape index (κ2) is 5.44. The zero-order valence-electron chi connectivity index (χ0n) is 10.7. The van der Waals surface area contributed by atoms with Gasteiger partial charge >= 0.3 is 5.69 Å². The zero-order chi connectivity index (χ0) is 14.0. The Balaban J connectivity index is 2.29. The van der Waals surface area contributed by atoms with Crippen LogP contribution >= 0.6 is 15.9 Å². The first-order valence-corrected chi connectivity index (χ1v) is 6.54. The van der Waals surface area contributed by atoms with Gasteiger partial charge in [0.15, 0.2) is 0 Å². The number of nitrogens with one attached hydrogen (secondary N) is 1. The maximum Gasteiger partial charge on any atom is 0.330 e. The molecule has 0 bridgehead atoms. The number of hydrogen-bond donors (Lipinski definition) is 1. The van der Waals surface area contributed by atoms with Crippen LogP contribution in [0.2, 0.25) is 0 Å². The molecule has 0 amide bonds. The smallest absolute Gasteiger partial charge is 0.330 e. The van der Waals surface area contributed by atoms with E-state index in [9.17, 15) is 9.59 Å². The summed E-state index contributed by atoms with van der Waals surface area (Å²) < 4.78 is 3.44. The highest BCUT2D eigenvalue weighted by atomic mass is 79.9. The van der Waals surface area contributed by atoms with Crippen LogP contribution in [0.5, 0.6) is 0 Å². The van der Waals surface area contributed by atoms with Crippen LogP contribution in [0.1, 0.15) is 5.56 Å². The summed E-state index contributed by atoms with van der Waals surface area (Å²) >= 11 is 3.43. The standard InChI is InChI=1S/C13H14BrN3O2/c1-16-8-9(12(18)17(2)13(16)19)7-15-11-6-4-3-5-10(11)14/h3-6,8,15H,7H2,1-2H3. The van der Waals surface area contributed by atoms with E-state index in [-0.39, 0.29) is 11.2 Å². The van der Waals surface area contributed by atoms with E-state index >= 15 is 0 Å². The molecule has 19 heavy (non-hydrogen) atoms. The Kier molecular flexibility index (Phi) is 3.90. The van der Waals surface area contributed by atoms with E-state index in [1.165, 1.54) is 11.6 Å². The van der Waals surface area contributed by atoms with E-state index in [1.54, 1.807) is 13.2 Å². The molecule has 0 spiro atoms. The largest absolute Gasteiger partial charge is 0.380 e. The molecule has 0 saturated heterocycles. The SMILES string of the molecule is Cn1cc(CNc2ccccc2Br)c(=O)n(C)c1=O. The van der Waals surface area contributed by atoms with Crippen molar-refractivity contribution in [1.29, 1.82) is 0 Å². The van der Waals surface area contributed by atoms with Crippen molar-refractivity contribution in [2.45, 2.75) is 6.54 Å². The van der Waals surface area contributed by atoms with Crippen molar-refractivity contribution >= 4 is 21.6 Å². The third kappa shape index (κ3) is 2.78. The normalized spacial score (nSPS) is 10.5. The Bertz CT molecular complexity index is 719. The fourth-order valence-corrected chi connectivity index (χ4v) is 2.22. The van der Waals surface area contributed by atoms with Crippen LogP contribution in [0.25, 0.3) is 0 Å². The summed E-state index contributed by atoms with van der Waals surface area (Å²) in [6.45, 7) is 0.364. The summed E-state index contributed by atoms with van der Waals surface area (Å²) in [5.74, 6) is 0. The highest BCUT2D eigenvalue weighted by molar-refractivity contribution is 9.10. The van der Waals surface area contributed by atoms with Crippen molar-refractivity contribution in [1.82, 2.24) is 9.13 Å². The first-order chi connectivity index (χ1) is 9.00. The second-order valence-electron chi connectivity index (χ2n) is 4.25. The lowest BCUT2D eigenvalue weighted by atomic mass is 10.3. The monoisotopic (exact) mass is 323 g/mol. The van der Waals surface area contributed by atoms with Crippen LogP contribution < -0.4 is 16.6 Å². The number of halogens is 1. The molecule has 6 heteroatoms. The summed E-state index contributed by atoms with van der Waals surface area (Å²) in [4.78, 5) is 23.5.